The molecule has 206 valence electrons. The van der Waals surface area contributed by atoms with Crippen molar-refractivity contribution in [3.63, 3.8) is 0 Å². The van der Waals surface area contributed by atoms with Gasteiger partial charge in [0.1, 0.15) is 11.5 Å². The predicted molar refractivity (Wildman–Crippen MR) is 144 cm³/mol. The van der Waals surface area contributed by atoms with Gasteiger partial charge < -0.3 is 24.6 Å². The van der Waals surface area contributed by atoms with E-state index in [1.165, 1.54) is 50.6 Å². The van der Waals surface area contributed by atoms with Gasteiger partial charge in [-0.25, -0.2) is 13.2 Å². The van der Waals surface area contributed by atoms with Crippen molar-refractivity contribution in [1.82, 2.24) is 0 Å². The average molecular weight is 577 g/mol. The number of methoxy groups -OCH3 is 2. The highest BCUT2D eigenvalue weighted by Gasteiger charge is 2.34. The normalized spacial score (nSPS) is 11.7. The Labute approximate surface area is 229 Å². The molecule has 0 aliphatic carbocycles. The highest BCUT2D eigenvalue weighted by atomic mass is 35.5. The molecule has 3 aromatic carbocycles. The zero-order valence-corrected chi connectivity index (χ0v) is 22.4. The summed E-state index contributed by atoms with van der Waals surface area (Å²) in [4.78, 5) is 36.1. The Balaban J connectivity index is 1.62. The van der Waals surface area contributed by atoms with Crippen LogP contribution in [0.1, 0.15) is 16.8 Å². The zero-order chi connectivity index (χ0) is 28.6. The van der Waals surface area contributed by atoms with Crippen molar-refractivity contribution >= 4 is 50.8 Å². The number of benzene rings is 3. The Morgan fingerprint density at radius 3 is 2.18 bits per heavy atom. The van der Waals surface area contributed by atoms with Gasteiger partial charge in [-0.2, -0.15) is 0 Å². The lowest BCUT2D eigenvalue weighted by Gasteiger charge is -2.15. The molecule has 2 amide bonds. The maximum Gasteiger partial charge on any atom is 0.411 e. The van der Waals surface area contributed by atoms with Gasteiger partial charge in [0, 0.05) is 22.7 Å². The maximum atomic E-state index is 13.0. The van der Waals surface area contributed by atoms with Crippen molar-refractivity contribution < 1.29 is 42.1 Å². The lowest BCUT2D eigenvalue weighted by molar-refractivity contribution is -0.136. The van der Waals surface area contributed by atoms with Gasteiger partial charge >= 0.3 is 12.1 Å². The molecule has 3 N–H and O–H groups in total. The number of hydrogen-bond acceptors (Lipinski definition) is 8. The van der Waals surface area contributed by atoms with E-state index in [4.69, 9.17) is 25.8 Å². The summed E-state index contributed by atoms with van der Waals surface area (Å²) in [7, 11) is -1.46. The molecular formula is C26H25ClN2O9S. The standard InChI is InChI=1S/C26H25ClN2O9S/c1-36-19-8-3-16(4-9-19)24(30)28-18-6-10-20(11-7-18)39(34,35)23(25(31)32)13-14-38-26(33)29-21-15-17(27)5-12-22(21)37-2/h3-12,15,23H,13-14H2,1-2H3,(H,28,30)(H,29,33)(H,31,32). The van der Waals surface area contributed by atoms with Crippen LogP contribution in [0.4, 0.5) is 16.2 Å². The SMILES string of the molecule is COc1ccc(C(=O)Nc2ccc(S(=O)(=O)C(CCOC(=O)Nc3cc(Cl)ccc3OC)C(=O)O)cc2)cc1. The number of sulfone groups is 1. The van der Waals surface area contributed by atoms with Gasteiger partial charge in [-0.3, -0.25) is 14.9 Å². The summed E-state index contributed by atoms with van der Waals surface area (Å²) >= 11 is 5.91. The topological polar surface area (TPSA) is 157 Å². The van der Waals surface area contributed by atoms with E-state index in [1.807, 2.05) is 0 Å². The van der Waals surface area contributed by atoms with Crippen molar-refractivity contribution in [3.8, 4) is 11.5 Å². The van der Waals surface area contributed by atoms with Crippen LogP contribution >= 0.6 is 11.6 Å². The van der Waals surface area contributed by atoms with Crippen LogP contribution in [-0.2, 0) is 19.4 Å². The van der Waals surface area contributed by atoms with Crippen molar-refractivity contribution in [1.29, 1.82) is 0 Å². The van der Waals surface area contributed by atoms with Gasteiger partial charge in [0.15, 0.2) is 15.1 Å². The van der Waals surface area contributed by atoms with E-state index in [0.717, 1.165) is 0 Å². The van der Waals surface area contributed by atoms with E-state index in [-0.39, 0.29) is 10.6 Å². The number of anilines is 2. The molecule has 0 aromatic heterocycles. The number of carbonyl (C=O) groups is 3. The molecule has 13 heteroatoms. The molecule has 0 heterocycles. The first-order valence-electron chi connectivity index (χ1n) is 11.3. The maximum absolute atomic E-state index is 13.0. The molecule has 1 unspecified atom stereocenters. The molecule has 3 aromatic rings. The molecule has 1 atom stereocenters. The van der Waals surface area contributed by atoms with Gasteiger partial charge in [0.25, 0.3) is 5.91 Å². The van der Waals surface area contributed by atoms with E-state index < -0.39 is 46.1 Å². The predicted octanol–water partition coefficient (Wildman–Crippen LogP) is 4.48. The summed E-state index contributed by atoms with van der Waals surface area (Å²) in [6.07, 6.45) is -1.46. The van der Waals surface area contributed by atoms with Crippen LogP contribution in [0, 0.1) is 0 Å². The molecule has 0 aliphatic rings. The molecule has 39 heavy (non-hydrogen) atoms. The quantitative estimate of drug-likeness (QED) is 0.299. The summed E-state index contributed by atoms with van der Waals surface area (Å²) in [6.45, 7) is -0.499. The zero-order valence-electron chi connectivity index (χ0n) is 20.8. The third kappa shape index (κ3) is 7.62. The smallest absolute Gasteiger partial charge is 0.411 e. The monoisotopic (exact) mass is 576 g/mol. The van der Waals surface area contributed by atoms with Crippen LogP contribution in [0.15, 0.2) is 71.6 Å². The fourth-order valence-electron chi connectivity index (χ4n) is 3.43. The molecular weight excluding hydrogens is 552 g/mol. The van der Waals surface area contributed by atoms with E-state index in [9.17, 15) is 27.9 Å². The van der Waals surface area contributed by atoms with Gasteiger partial charge in [0.2, 0.25) is 0 Å². The Morgan fingerprint density at radius 1 is 0.923 bits per heavy atom. The molecule has 11 nitrogen and oxygen atoms in total. The highest BCUT2D eigenvalue weighted by molar-refractivity contribution is 7.92. The van der Waals surface area contributed by atoms with Crippen LogP contribution in [0.3, 0.4) is 0 Å². The molecule has 0 aliphatic heterocycles. The molecule has 0 fully saturated rings. The van der Waals surface area contributed by atoms with Crippen LogP contribution in [0.25, 0.3) is 0 Å². The Hall–Kier alpha value is -4.29. The van der Waals surface area contributed by atoms with Crippen LogP contribution < -0.4 is 20.1 Å². The number of nitrogens with one attached hydrogen (secondary N) is 2. The minimum absolute atomic E-state index is 0.219. The third-order valence-electron chi connectivity index (χ3n) is 5.45. The number of hydrogen-bond donors (Lipinski definition) is 3. The number of carbonyl (C=O) groups excluding carboxylic acids is 2. The van der Waals surface area contributed by atoms with Gasteiger partial charge in [-0.05, 0) is 66.7 Å². The first-order chi connectivity index (χ1) is 18.5. The molecule has 0 radical (unpaired) electrons. The fourth-order valence-corrected chi connectivity index (χ4v) is 5.12. The largest absolute Gasteiger partial charge is 0.497 e. The number of carboxylic acid groups (broad SMARTS) is 1. The summed E-state index contributed by atoms with van der Waals surface area (Å²) in [5.74, 6) is -1.14. The fraction of sp³-hybridized carbons (Fsp3) is 0.192. The van der Waals surface area contributed by atoms with Gasteiger partial charge in [0.05, 0.1) is 31.4 Å². The van der Waals surface area contributed by atoms with Crippen molar-refractivity contribution in [3.05, 3.63) is 77.3 Å². The van der Waals surface area contributed by atoms with Crippen LogP contribution in [0.5, 0.6) is 11.5 Å². The summed E-state index contributed by atoms with van der Waals surface area (Å²) in [5.41, 5.74) is 0.881. The van der Waals surface area contributed by atoms with Crippen LogP contribution in [-0.4, -0.2) is 57.6 Å². The first-order valence-corrected chi connectivity index (χ1v) is 13.3. The van der Waals surface area contributed by atoms with Gasteiger partial charge in [-0.15, -0.1) is 0 Å². The highest BCUT2D eigenvalue weighted by Crippen LogP contribution is 2.28. The summed E-state index contributed by atoms with van der Waals surface area (Å²) in [5, 5.41) is 13.1. The van der Waals surface area contributed by atoms with E-state index in [2.05, 4.69) is 10.6 Å². The van der Waals surface area contributed by atoms with E-state index in [1.54, 1.807) is 30.3 Å². The lowest BCUT2D eigenvalue weighted by atomic mass is 10.2. The van der Waals surface area contributed by atoms with Crippen molar-refractivity contribution in [2.75, 3.05) is 31.5 Å². The van der Waals surface area contributed by atoms with Crippen LogP contribution in [0.2, 0.25) is 5.02 Å². The number of rotatable bonds is 11. The molecule has 3 rings (SSSR count). The second-order valence-corrected chi connectivity index (χ2v) is 10.5. The molecule has 0 saturated carbocycles. The minimum atomic E-state index is -4.35. The van der Waals surface area contributed by atoms with Crippen molar-refractivity contribution in [2.45, 2.75) is 16.6 Å². The van der Waals surface area contributed by atoms with E-state index >= 15 is 0 Å². The molecule has 0 saturated heterocycles. The minimum Gasteiger partial charge on any atom is -0.497 e. The second kappa shape index (κ2) is 13.0. The molecule has 0 spiro atoms. The average Bonchev–Trinajstić information content (AvgIpc) is 2.91. The second-order valence-electron chi connectivity index (χ2n) is 7.97. The Kier molecular flexibility index (Phi) is 9.74. The molecule has 0 bridgehead atoms. The third-order valence-corrected chi connectivity index (χ3v) is 7.81. The number of amides is 2. The first kappa shape index (κ1) is 29.3. The summed E-state index contributed by atoms with van der Waals surface area (Å²) < 4.78 is 41.2. The van der Waals surface area contributed by atoms with Crippen molar-refractivity contribution in [2.24, 2.45) is 0 Å². The number of halogens is 1. The number of carboxylic acids is 1. The lowest BCUT2D eigenvalue weighted by Crippen LogP contribution is -2.32. The Bertz CT molecular complexity index is 1440. The number of ether oxygens (including phenoxy) is 3. The van der Waals surface area contributed by atoms with E-state index in [0.29, 0.717) is 27.8 Å². The Morgan fingerprint density at radius 2 is 1.59 bits per heavy atom. The number of aliphatic carboxylic acids is 1. The summed E-state index contributed by atoms with van der Waals surface area (Å²) in [6, 6.07) is 16.0. The van der Waals surface area contributed by atoms with Gasteiger partial charge in [-0.1, -0.05) is 11.6 Å².